The van der Waals surface area contributed by atoms with Crippen LogP contribution >= 0.6 is 34.8 Å². The Morgan fingerprint density at radius 3 is 2.19 bits per heavy atom. The maximum atomic E-state index is 13.4. The first-order valence-electron chi connectivity index (χ1n) is 11.0. The molecule has 0 fully saturated rings. The lowest BCUT2D eigenvalue weighted by Gasteiger charge is -2.12. The molecule has 188 valence electrons. The Kier molecular flexibility index (Phi) is 7.88. The predicted molar refractivity (Wildman–Crippen MR) is 148 cm³/mol. The number of nitrogens with zero attached hydrogens (tertiary/aromatic N) is 2. The second-order valence-electron chi connectivity index (χ2n) is 8.08. The Bertz CT molecular complexity index is 1570. The summed E-state index contributed by atoms with van der Waals surface area (Å²) < 4.78 is 3.08. The Morgan fingerprint density at radius 1 is 0.892 bits per heavy atom. The molecule has 2 amide bonds. The molecule has 7 nitrogen and oxygen atoms in total. The van der Waals surface area contributed by atoms with Gasteiger partial charge in [0.2, 0.25) is 0 Å². The van der Waals surface area contributed by atoms with Crippen LogP contribution in [0, 0.1) is 6.92 Å². The number of hydrogen-bond acceptors (Lipinski definition) is 3. The number of para-hydroxylation sites is 1. The minimum atomic E-state index is -0.695. The van der Waals surface area contributed by atoms with Crippen LogP contribution in [0.2, 0.25) is 15.1 Å². The summed E-state index contributed by atoms with van der Waals surface area (Å²) >= 11 is 18.1. The molecule has 0 radical (unpaired) electrons. The van der Waals surface area contributed by atoms with Gasteiger partial charge < -0.3 is 10.6 Å². The predicted octanol–water partition coefficient (Wildman–Crippen LogP) is 5.85. The van der Waals surface area contributed by atoms with Gasteiger partial charge in [0.1, 0.15) is 11.4 Å². The fraction of sp³-hybridized carbons (Fsp3) is 0.0741. The normalized spacial score (nSPS) is 11.3. The highest BCUT2D eigenvalue weighted by Crippen LogP contribution is 2.22. The molecule has 0 aliphatic rings. The van der Waals surface area contributed by atoms with Crippen LogP contribution in [0.3, 0.4) is 0 Å². The number of aromatic nitrogens is 2. The summed E-state index contributed by atoms with van der Waals surface area (Å²) in [5.74, 6) is -1.32. The fourth-order valence-corrected chi connectivity index (χ4v) is 4.26. The van der Waals surface area contributed by atoms with E-state index in [1.807, 2.05) is 18.2 Å². The van der Waals surface area contributed by atoms with E-state index in [1.165, 1.54) is 29.0 Å². The lowest BCUT2D eigenvalue weighted by atomic mass is 10.1. The molecule has 0 aliphatic carbocycles. The van der Waals surface area contributed by atoms with Crippen LogP contribution in [-0.4, -0.2) is 21.2 Å². The van der Waals surface area contributed by atoms with Crippen molar-refractivity contribution in [2.45, 2.75) is 6.92 Å². The average molecular weight is 556 g/mol. The SMILES string of the molecule is Cc1c(NC(=O)C(=Cc2ccc(Cl)cc2)NC(=O)c2ccc(Cl)cc2Cl)c(=O)n(-c2ccccc2)n1C. The van der Waals surface area contributed by atoms with Crippen LogP contribution in [-0.2, 0) is 11.8 Å². The first kappa shape index (κ1) is 26.3. The molecule has 2 N–H and O–H groups in total. The van der Waals surface area contributed by atoms with E-state index in [0.29, 0.717) is 27.0 Å². The third-order valence-corrected chi connectivity index (χ3v) is 6.44. The molecule has 0 spiro atoms. The largest absolute Gasteiger partial charge is 0.317 e. The maximum absolute atomic E-state index is 13.4. The molecule has 0 unspecified atom stereocenters. The lowest BCUT2D eigenvalue weighted by molar-refractivity contribution is -0.113. The zero-order valence-electron chi connectivity index (χ0n) is 19.8. The molecule has 4 aromatic rings. The number of hydrogen-bond donors (Lipinski definition) is 2. The van der Waals surface area contributed by atoms with Gasteiger partial charge in [-0.25, -0.2) is 4.68 Å². The molecule has 0 aliphatic heterocycles. The molecule has 0 bridgehead atoms. The van der Waals surface area contributed by atoms with E-state index >= 15 is 0 Å². The Labute approximate surface area is 227 Å². The minimum absolute atomic E-state index is 0.0807. The van der Waals surface area contributed by atoms with Crippen molar-refractivity contribution in [3.8, 4) is 5.69 Å². The zero-order valence-corrected chi connectivity index (χ0v) is 22.0. The summed E-state index contributed by atoms with van der Waals surface area (Å²) in [5.41, 5.74) is 1.45. The van der Waals surface area contributed by atoms with Crippen molar-refractivity contribution in [2.24, 2.45) is 7.05 Å². The van der Waals surface area contributed by atoms with Crippen LogP contribution in [0.4, 0.5) is 5.69 Å². The molecule has 0 saturated carbocycles. The quantitative estimate of drug-likeness (QED) is 0.293. The Hall–Kier alpha value is -3.78. The van der Waals surface area contributed by atoms with Crippen molar-refractivity contribution in [3.63, 3.8) is 0 Å². The second kappa shape index (κ2) is 11.1. The highest BCUT2D eigenvalue weighted by Gasteiger charge is 2.22. The van der Waals surface area contributed by atoms with E-state index in [-0.39, 0.29) is 22.0 Å². The highest BCUT2D eigenvalue weighted by atomic mass is 35.5. The van der Waals surface area contributed by atoms with Gasteiger partial charge in [-0.3, -0.25) is 19.1 Å². The van der Waals surface area contributed by atoms with Crippen molar-refractivity contribution in [1.29, 1.82) is 0 Å². The Morgan fingerprint density at radius 2 is 1.54 bits per heavy atom. The van der Waals surface area contributed by atoms with E-state index in [9.17, 15) is 14.4 Å². The standard InChI is InChI=1S/C27H21Cl3N4O3/c1-16-24(27(37)34(33(16)2)20-6-4-3-5-7-20)32-26(36)23(14-17-8-10-18(28)11-9-17)31-25(35)21-13-12-19(29)15-22(21)30/h3-15H,1-2H3,(H,31,35)(H,32,36). The second-order valence-corrected chi connectivity index (χ2v) is 9.36. The monoisotopic (exact) mass is 554 g/mol. The molecule has 3 aromatic carbocycles. The zero-order chi connectivity index (χ0) is 26.7. The number of amides is 2. The minimum Gasteiger partial charge on any atom is -0.317 e. The number of halogens is 3. The first-order valence-corrected chi connectivity index (χ1v) is 12.2. The van der Waals surface area contributed by atoms with Crippen molar-refractivity contribution in [3.05, 3.63) is 121 Å². The molecular formula is C27H21Cl3N4O3. The van der Waals surface area contributed by atoms with E-state index in [4.69, 9.17) is 34.8 Å². The van der Waals surface area contributed by atoms with Gasteiger partial charge in [-0.2, -0.15) is 0 Å². The third-order valence-electron chi connectivity index (χ3n) is 5.64. The first-order chi connectivity index (χ1) is 17.7. The van der Waals surface area contributed by atoms with Gasteiger partial charge in [0.15, 0.2) is 0 Å². The fourth-order valence-electron chi connectivity index (χ4n) is 3.64. The molecule has 0 saturated heterocycles. The van der Waals surface area contributed by atoms with Crippen LogP contribution in [0.1, 0.15) is 21.6 Å². The van der Waals surface area contributed by atoms with Crippen LogP contribution in [0.5, 0.6) is 0 Å². The molecule has 0 atom stereocenters. The van der Waals surface area contributed by atoms with Gasteiger partial charge in [0, 0.05) is 17.1 Å². The maximum Gasteiger partial charge on any atom is 0.295 e. The van der Waals surface area contributed by atoms with Crippen molar-refractivity contribution in [2.75, 3.05) is 5.32 Å². The van der Waals surface area contributed by atoms with Gasteiger partial charge in [-0.1, -0.05) is 65.1 Å². The number of rotatable bonds is 6. The smallest absolute Gasteiger partial charge is 0.295 e. The van der Waals surface area contributed by atoms with Gasteiger partial charge in [-0.05, 0) is 61.0 Å². The van der Waals surface area contributed by atoms with E-state index in [1.54, 1.807) is 55.1 Å². The van der Waals surface area contributed by atoms with Gasteiger partial charge in [0.05, 0.1) is 22.0 Å². The lowest BCUT2D eigenvalue weighted by Crippen LogP contribution is -2.32. The average Bonchev–Trinajstić information content (AvgIpc) is 3.08. The molecule has 4 rings (SSSR count). The summed E-state index contributed by atoms with van der Waals surface area (Å²) in [6, 6.07) is 20.1. The van der Waals surface area contributed by atoms with Crippen LogP contribution < -0.4 is 16.2 Å². The summed E-state index contributed by atoms with van der Waals surface area (Å²) in [6.45, 7) is 1.71. The molecular weight excluding hydrogens is 535 g/mol. The molecule has 10 heteroatoms. The van der Waals surface area contributed by atoms with Gasteiger partial charge in [0.25, 0.3) is 17.4 Å². The van der Waals surface area contributed by atoms with E-state index < -0.39 is 17.4 Å². The number of carbonyl (C=O) groups is 2. The number of benzene rings is 3. The van der Waals surface area contributed by atoms with E-state index in [0.717, 1.165) is 0 Å². The van der Waals surface area contributed by atoms with Gasteiger partial charge in [-0.15, -0.1) is 0 Å². The van der Waals surface area contributed by atoms with Crippen LogP contribution in [0.15, 0.2) is 83.3 Å². The summed E-state index contributed by atoms with van der Waals surface area (Å²) in [4.78, 5) is 39.7. The Balaban J connectivity index is 1.71. The van der Waals surface area contributed by atoms with Crippen molar-refractivity contribution < 1.29 is 9.59 Å². The van der Waals surface area contributed by atoms with Gasteiger partial charge >= 0.3 is 0 Å². The number of carbonyl (C=O) groups excluding carboxylic acids is 2. The summed E-state index contributed by atoms with van der Waals surface area (Å²) in [6.07, 6.45) is 1.47. The topological polar surface area (TPSA) is 85.1 Å². The highest BCUT2D eigenvalue weighted by molar-refractivity contribution is 6.37. The van der Waals surface area contributed by atoms with E-state index in [2.05, 4.69) is 10.6 Å². The number of anilines is 1. The van der Waals surface area contributed by atoms with Crippen molar-refractivity contribution in [1.82, 2.24) is 14.7 Å². The molecule has 1 aromatic heterocycles. The molecule has 37 heavy (non-hydrogen) atoms. The molecule has 1 heterocycles. The third kappa shape index (κ3) is 5.80. The van der Waals surface area contributed by atoms with Crippen LogP contribution in [0.25, 0.3) is 11.8 Å². The summed E-state index contributed by atoms with van der Waals surface area (Å²) in [5, 5.41) is 6.28. The van der Waals surface area contributed by atoms with Crippen molar-refractivity contribution >= 4 is 58.4 Å². The number of nitrogens with one attached hydrogen (secondary N) is 2. The summed E-state index contributed by atoms with van der Waals surface area (Å²) in [7, 11) is 1.72.